The van der Waals surface area contributed by atoms with Gasteiger partial charge in [0.1, 0.15) is 0 Å². The normalized spacial score (nSPS) is 13.0. The van der Waals surface area contributed by atoms with Crippen molar-refractivity contribution in [3.05, 3.63) is 30.3 Å². The molecule has 1 amide bonds. The molecule has 5 nitrogen and oxygen atoms in total. The highest BCUT2D eigenvalue weighted by Crippen LogP contribution is 2.05. The second-order valence-corrected chi connectivity index (χ2v) is 5.89. The number of anilines is 1. The Hall–Kier alpha value is -1.40. The van der Waals surface area contributed by atoms with Crippen molar-refractivity contribution in [1.82, 2.24) is 4.72 Å². The zero-order valence-electron chi connectivity index (χ0n) is 10.5. The molecule has 1 unspecified atom stereocenters. The smallest absolute Gasteiger partial charge is 0.242 e. The summed E-state index contributed by atoms with van der Waals surface area (Å²) in [6, 6.07) is 8.12. The van der Waals surface area contributed by atoms with Crippen LogP contribution in [0.5, 0.6) is 0 Å². The van der Waals surface area contributed by atoms with Gasteiger partial charge in [0, 0.05) is 5.69 Å². The Kier molecular flexibility index (Phi) is 5.30. The summed E-state index contributed by atoms with van der Waals surface area (Å²) in [5, 5.41) is 2.64. The summed E-state index contributed by atoms with van der Waals surface area (Å²) in [4.78, 5) is 11.8. The fourth-order valence-electron chi connectivity index (χ4n) is 1.42. The highest BCUT2D eigenvalue weighted by molar-refractivity contribution is 7.89. The number of sulfonamides is 1. The molecular formula is C12H18N2O3S. The summed E-state index contributed by atoms with van der Waals surface area (Å²) in [5.41, 5.74) is 0.643. The number of hydrogen-bond acceptors (Lipinski definition) is 3. The Bertz CT molecular complexity index is 485. The molecule has 0 bridgehead atoms. The summed E-state index contributed by atoms with van der Waals surface area (Å²) in [6.45, 7) is 3.29. The van der Waals surface area contributed by atoms with Crippen molar-refractivity contribution in [1.29, 1.82) is 0 Å². The van der Waals surface area contributed by atoms with E-state index in [-0.39, 0.29) is 11.7 Å². The Morgan fingerprint density at radius 2 is 1.89 bits per heavy atom. The molecule has 1 aromatic rings. The van der Waals surface area contributed by atoms with Crippen LogP contribution in [-0.4, -0.2) is 26.1 Å². The zero-order valence-corrected chi connectivity index (χ0v) is 11.3. The average Bonchev–Trinajstić information content (AvgIpc) is 2.29. The van der Waals surface area contributed by atoms with E-state index in [1.807, 2.05) is 6.07 Å². The Morgan fingerprint density at radius 3 is 2.44 bits per heavy atom. The van der Waals surface area contributed by atoms with Crippen molar-refractivity contribution in [3.63, 3.8) is 0 Å². The first-order valence-electron chi connectivity index (χ1n) is 5.80. The van der Waals surface area contributed by atoms with Crippen molar-refractivity contribution >= 4 is 21.6 Å². The number of benzene rings is 1. The van der Waals surface area contributed by atoms with Gasteiger partial charge in [-0.15, -0.1) is 0 Å². The van der Waals surface area contributed by atoms with Crippen LogP contribution in [0, 0.1) is 0 Å². The van der Waals surface area contributed by atoms with Crippen LogP contribution in [0.1, 0.15) is 20.3 Å². The largest absolute Gasteiger partial charge is 0.325 e. The zero-order chi connectivity index (χ0) is 13.6. The topological polar surface area (TPSA) is 75.3 Å². The van der Waals surface area contributed by atoms with Crippen LogP contribution in [0.3, 0.4) is 0 Å². The maximum atomic E-state index is 11.8. The summed E-state index contributed by atoms with van der Waals surface area (Å²) in [7, 11) is -3.38. The third-order valence-corrected chi connectivity index (χ3v) is 3.92. The SMILES string of the molecule is CCCS(=O)(=O)NC(C)C(=O)Nc1ccccc1. The van der Waals surface area contributed by atoms with Gasteiger partial charge in [-0.2, -0.15) is 0 Å². The maximum Gasteiger partial charge on any atom is 0.242 e. The third kappa shape index (κ3) is 4.85. The summed E-state index contributed by atoms with van der Waals surface area (Å²) in [6.07, 6.45) is 0.516. The van der Waals surface area contributed by atoms with Crippen molar-refractivity contribution in [2.75, 3.05) is 11.1 Å². The average molecular weight is 270 g/mol. The molecule has 1 rings (SSSR count). The van der Waals surface area contributed by atoms with E-state index in [2.05, 4.69) is 10.0 Å². The van der Waals surface area contributed by atoms with Crippen LogP contribution in [0.15, 0.2) is 30.3 Å². The van der Waals surface area contributed by atoms with Gasteiger partial charge in [-0.05, 0) is 25.5 Å². The Balaban J connectivity index is 2.57. The third-order valence-electron chi connectivity index (χ3n) is 2.26. The highest BCUT2D eigenvalue weighted by Gasteiger charge is 2.19. The van der Waals surface area contributed by atoms with Gasteiger partial charge < -0.3 is 5.32 Å². The predicted molar refractivity (Wildman–Crippen MR) is 71.7 cm³/mol. The monoisotopic (exact) mass is 270 g/mol. The first kappa shape index (κ1) is 14.7. The van der Waals surface area contributed by atoms with E-state index in [9.17, 15) is 13.2 Å². The lowest BCUT2D eigenvalue weighted by Gasteiger charge is -2.14. The molecular weight excluding hydrogens is 252 g/mol. The van der Waals surface area contributed by atoms with Gasteiger partial charge in [-0.3, -0.25) is 4.79 Å². The van der Waals surface area contributed by atoms with E-state index < -0.39 is 16.1 Å². The molecule has 2 N–H and O–H groups in total. The molecule has 1 aromatic carbocycles. The molecule has 0 fully saturated rings. The van der Waals surface area contributed by atoms with Crippen LogP contribution in [0.25, 0.3) is 0 Å². The number of para-hydroxylation sites is 1. The van der Waals surface area contributed by atoms with Gasteiger partial charge >= 0.3 is 0 Å². The van der Waals surface area contributed by atoms with E-state index in [1.54, 1.807) is 31.2 Å². The molecule has 18 heavy (non-hydrogen) atoms. The minimum Gasteiger partial charge on any atom is -0.325 e. The van der Waals surface area contributed by atoms with Crippen molar-refractivity contribution in [3.8, 4) is 0 Å². The fraction of sp³-hybridized carbons (Fsp3) is 0.417. The standard InChI is InChI=1S/C12H18N2O3S/c1-3-9-18(16,17)14-10(2)12(15)13-11-7-5-4-6-8-11/h4-8,10,14H,3,9H2,1-2H3,(H,13,15). The molecule has 0 aromatic heterocycles. The number of rotatable bonds is 6. The first-order valence-corrected chi connectivity index (χ1v) is 7.46. The lowest BCUT2D eigenvalue weighted by atomic mass is 10.3. The molecule has 0 aliphatic rings. The number of nitrogens with one attached hydrogen (secondary N) is 2. The quantitative estimate of drug-likeness (QED) is 0.819. The first-order chi connectivity index (χ1) is 8.44. The molecule has 6 heteroatoms. The van der Waals surface area contributed by atoms with Gasteiger partial charge in [0.2, 0.25) is 15.9 Å². The number of amides is 1. The minimum atomic E-state index is -3.38. The lowest BCUT2D eigenvalue weighted by molar-refractivity contribution is -0.117. The molecule has 0 aliphatic heterocycles. The van der Waals surface area contributed by atoms with Gasteiger partial charge in [0.05, 0.1) is 11.8 Å². The molecule has 0 radical (unpaired) electrons. The summed E-state index contributed by atoms with van der Waals surface area (Å²) < 4.78 is 25.4. The Labute approximate surface area is 108 Å². The predicted octanol–water partition coefficient (Wildman–Crippen LogP) is 1.34. The van der Waals surface area contributed by atoms with Crippen LogP contribution in [0.4, 0.5) is 5.69 Å². The Morgan fingerprint density at radius 1 is 1.28 bits per heavy atom. The van der Waals surface area contributed by atoms with Gasteiger partial charge in [-0.25, -0.2) is 13.1 Å². The minimum absolute atomic E-state index is 0.0238. The second kappa shape index (κ2) is 6.51. The van der Waals surface area contributed by atoms with E-state index in [4.69, 9.17) is 0 Å². The molecule has 0 saturated carbocycles. The number of carbonyl (C=O) groups is 1. The van der Waals surface area contributed by atoms with E-state index in [0.717, 1.165) is 0 Å². The van der Waals surface area contributed by atoms with Crippen molar-refractivity contribution in [2.45, 2.75) is 26.3 Å². The summed E-state index contributed by atoms with van der Waals surface area (Å²) in [5.74, 6) is -0.350. The van der Waals surface area contributed by atoms with E-state index in [1.165, 1.54) is 6.92 Å². The van der Waals surface area contributed by atoms with Crippen molar-refractivity contribution < 1.29 is 13.2 Å². The second-order valence-electron chi connectivity index (χ2n) is 4.01. The lowest BCUT2D eigenvalue weighted by Crippen LogP contribution is -2.42. The molecule has 0 aliphatic carbocycles. The molecule has 100 valence electrons. The highest BCUT2D eigenvalue weighted by atomic mass is 32.2. The van der Waals surface area contributed by atoms with E-state index >= 15 is 0 Å². The van der Waals surface area contributed by atoms with Gasteiger partial charge in [0.25, 0.3) is 0 Å². The van der Waals surface area contributed by atoms with Crippen LogP contribution in [-0.2, 0) is 14.8 Å². The van der Waals surface area contributed by atoms with Crippen molar-refractivity contribution in [2.24, 2.45) is 0 Å². The molecule has 0 spiro atoms. The van der Waals surface area contributed by atoms with Crippen LogP contribution >= 0.6 is 0 Å². The fourth-order valence-corrected chi connectivity index (χ4v) is 2.72. The molecule has 1 atom stereocenters. The van der Waals surface area contributed by atoms with Gasteiger partial charge in [0.15, 0.2) is 0 Å². The molecule has 0 heterocycles. The van der Waals surface area contributed by atoms with Crippen LogP contribution in [0.2, 0.25) is 0 Å². The van der Waals surface area contributed by atoms with E-state index in [0.29, 0.717) is 12.1 Å². The maximum absolute atomic E-state index is 11.8. The number of carbonyl (C=O) groups excluding carboxylic acids is 1. The van der Waals surface area contributed by atoms with Gasteiger partial charge in [-0.1, -0.05) is 25.1 Å². The molecule has 0 saturated heterocycles. The van der Waals surface area contributed by atoms with Crippen LogP contribution < -0.4 is 10.0 Å². The number of hydrogen-bond donors (Lipinski definition) is 2. The summed E-state index contributed by atoms with van der Waals surface area (Å²) >= 11 is 0.